The van der Waals surface area contributed by atoms with E-state index < -0.39 is 0 Å². The molecule has 4 nitrogen and oxygen atoms in total. The van der Waals surface area contributed by atoms with E-state index in [2.05, 4.69) is 6.92 Å². The van der Waals surface area contributed by atoms with Crippen LogP contribution in [0.25, 0.3) is 0 Å². The van der Waals surface area contributed by atoms with Crippen LogP contribution in [0, 0.1) is 5.92 Å². The third-order valence-corrected chi connectivity index (χ3v) is 4.27. The van der Waals surface area contributed by atoms with Gasteiger partial charge in [0.2, 0.25) is 0 Å². The summed E-state index contributed by atoms with van der Waals surface area (Å²) >= 11 is 0. The molecule has 1 aliphatic rings. The lowest BCUT2D eigenvalue weighted by molar-refractivity contribution is 0.0670. The van der Waals surface area contributed by atoms with Gasteiger partial charge >= 0.3 is 0 Å². The Kier molecular flexibility index (Phi) is 4.53. The number of rotatable bonds is 3. The lowest BCUT2D eigenvalue weighted by Crippen LogP contribution is -2.40. The minimum absolute atomic E-state index is 0.0425. The molecule has 4 heteroatoms. The maximum absolute atomic E-state index is 12.7. The van der Waals surface area contributed by atoms with Crippen LogP contribution in [-0.2, 0) is 0 Å². The van der Waals surface area contributed by atoms with Gasteiger partial charge in [0.25, 0.3) is 5.91 Å². The van der Waals surface area contributed by atoms with E-state index in [1.165, 1.54) is 12.8 Å². The molecule has 0 aromatic heterocycles. The fourth-order valence-electron chi connectivity index (χ4n) is 3.04. The molecule has 0 spiro atoms. The third kappa shape index (κ3) is 2.89. The number of nitrogens with zero attached hydrogens (tertiary/aromatic N) is 1. The number of ether oxygens (including phenoxy) is 1. The van der Waals surface area contributed by atoms with Crippen molar-refractivity contribution >= 4 is 11.6 Å². The number of nitrogen functional groups attached to an aromatic ring is 1. The predicted octanol–water partition coefficient (Wildman–Crippen LogP) is 2.93. The average Bonchev–Trinajstić information content (AvgIpc) is 2.45. The van der Waals surface area contributed by atoms with Crippen molar-refractivity contribution in [1.82, 2.24) is 4.90 Å². The monoisotopic (exact) mass is 276 g/mol. The zero-order valence-corrected chi connectivity index (χ0v) is 12.6. The van der Waals surface area contributed by atoms with Crippen LogP contribution in [0.1, 0.15) is 43.0 Å². The summed E-state index contributed by atoms with van der Waals surface area (Å²) in [6, 6.07) is 5.62. The number of hydrogen-bond donors (Lipinski definition) is 1. The molecule has 1 fully saturated rings. The molecule has 0 aliphatic heterocycles. The van der Waals surface area contributed by atoms with Crippen LogP contribution >= 0.6 is 0 Å². The molecule has 1 amide bonds. The van der Waals surface area contributed by atoms with Crippen molar-refractivity contribution in [3.8, 4) is 5.75 Å². The van der Waals surface area contributed by atoms with E-state index in [9.17, 15) is 4.79 Å². The largest absolute Gasteiger partial charge is 0.496 e. The maximum atomic E-state index is 12.7. The third-order valence-electron chi connectivity index (χ3n) is 4.27. The average molecular weight is 276 g/mol. The van der Waals surface area contributed by atoms with Crippen LogP contribution in [-0.4, -0.2) is 31.0 Å². The van der Waals surface area contributed by atoms with E-state index in [1.807, 2.05) is 11.9 Å². The molecule has 2 unspecified atom stereocenters. The van der Waals surface area contributed by atoms with Gasteiger partial charge in [-0.25, -0.2) is 0 Å². The molecular weight excluding hydrogens is 252 g/mol. The molecule has 1 aliphatic carbocycles. The van der Waals surface area contributed by atoms with E-state index in [-0.39, 0.29) is 5.91 Å². The molecule has 1 aromatic rings. The molecule has 1 aromatic carbocycles. The summed E-state index contributed by atoms with van der Waals surface area (Å²) in [6.45, 7) is 2.25. The van der Waals surface area contributed by atoms with E-state index >= 15 is 0 Å². The molecule has 2 N–H and O–H groups in total. The lowest BCUT2D eigenvalue weighted by Gasteiger charge is -2.34. The predicted molar refractivity (Wildman–Crippen MR) is 80.9 cm³/mol. The number of carbonyl (C=O) groups is 1. The summed E-state index contributed by atoms with van der Waals surface area (Å²) < 4.78 is 5.28. The minimum Gasteiger partial charge on any atom is -0.496 e. The topological polar surface area (TPSA) is 55.6 Å². The molecule has 20 heavy (non-hydrogen) atoms. The Labute approximate surface area is 120 Å². The highest BCUT2D eigenvalue weighted by Crippen LogP contribution is 2.30. The standard InChI is InChI=1S/C16H24N2O2/c1-11-6-4-7-12(10-11)18(2)16(19)15-13(17)8-5-9-14(15)20-3/h5,8-9,11-12H,4,6-7,10,17H2,1-3H3. The summed E-state index contributed by atoms with van der Waals surface area (Å²) in [5.74, 6) is 1.18. The number of nitrogens with two attached hydrogens (primary N) is 1. The highest BCUT2D eigenvalue weighted by atomic mass is 16.5. The van der Waals surface area contributed by atoms with Crippen LogP contribution < -0.4 is 10.5 Å². The van der Waals surface area contributed by atoms with E-state index in [0.29, 0.717) is 29.0 Å². The van der Waals surface area contributed by atoms with Crippen molar-refractivity contribution < 1.29 is 9.53 Å². The van der Waals surface area contributed by atoms with Crippen molar-refractivity contribution in [2.45, 2.75) is 38.6 Å². The van der Waals surface area contributed by atoms with Crippen molar-refractivity contribution in [2.75, 3.05) is 19.9 Å². The Morgan fingerprint density at radius 1 is 1.40 bits per heavy atom. The summed E-state index contributed by atoms with van der Waals surface area (Å²) in [6.07, 6.45) is 4.58. The molecule has 110 valence electrons. The SMILES string of the molecule is COc1cccc(N)c1C(=O)N(C)C1CCCC(C)C1. The zero-order chi connectivity index (χ0) is 14.7. The second kappa shape index (κ2) is 6.16. The summed E-state index contributed by atoms with van der Waals surface area (Å²) in [4.78, 5) is 14.6. The molecule has 0 saturated heterocycles. The first-order valence-corrected chi connectivity index (χ1v) is 7.24. The van der Waals surface area contributed by atoms with Gasteiger partial charge < -0.3 is 15.4 Å². The lowest BCUT2D eigenvalue weighted by atomic mass is 9.86. The summed E-state index contributed by atoms with van der Waals surface area (Å²) in [7, 11) is 3.44. The molecule has 0 radical (unpaired) electrons. The van der Waals surface area contributed by atoms with Gasteiger partial charge in [0.15, 0.2) is 0 Å². The number of methoxy groups -OCH3 is 1. The molecule has 0 heterocycles. The van der Waals surface area contributed by atoms with Gasteiger partial charge in [0, 0.05) is 18.8 Å². The van der Waals surface area contributed by atoms with E-state index in [4.69, 9.17) is 10.5 Å². The Morgan fingerprint density at radius 3 is 2.80 bits per heavy atom. The van der Waals surface area contributed by atoms with E-state index in [1.54, 1.807) is 25.3 Å². The fourth-order valence-corrected chi connectivity index (χ4v) is 3.04. The van der Waals surface area contributed by atoms with Gasteiger partial charge in [-0.05, 0) is 30.9 Å². The van der Waals surface area contributed by atoms with Gasteiger partial charge in [0.1, 0.15) is 11.3 Å². The number of amides is 1. The first kappa shape index (κ1) is 14.7. The maximum Gasteiger partial charge on any atom is 0.259 e. The Balaban J connectivity index is 2.22. The summed E-state index contributed by atoms with van der Waals surface area (Å²) in [5, 5.41) is 0. The molecular formula is C16H24N2O2. The van der Waals surface area contributed by atoms with Crippen molar-refractivity contribution in [2.24, 2.45) is 5.92 Å². The van der Waals surface area contributed by atoms with Crippen LogP contribution in [0.15, 0.2) is 18.2 Å². The molecule has 2 atom stereocenters. The number of carbonyl (C=O) groups excluding carboxylic acids is 1. The second-order valence-electron chi connectivity index (χ2n) is 5.77. The molecule has 1 saturated carbocycles. The van der Waals surface area contributed by atoms with Crippen LogP contribution in [0.3, 0.4) is 0 Å². The zero-order valence-electron chi connectivity index (χ0n) is 12.6. The number of benzene rings is 1. The van der Waals surface area contributed by atoms with Gasteiger partial charge in [-0.1, -0.05) is 25.8 Å². The Hall–Kier alpha value is -1.71. The minimum atomic E-state index is -0.0425. The van der Waals surface area contributed by atoms with Crippen LogP contribution in [0.2, 0.25) is 0 Å². The summed E-state index contributed by atoms with van der Waals surface area (Å²) in [5.41, 5.74) is 6.92. The van der Waals surface area contributed by atoms with Crippen LogP contribution in [0.5, 0.6) is 5.75 Å². The van der Waals surface area contributed by atoms with Gasteiger partial charge in [0.05, 0.1) is 7.11 Å². The normalized spacial score (nSPS) is 22.4. The highest BCUT2D eigenvalue weighted by molar-refractivity contribution is 6.01. The number of anilines is 1. The van der Waals surface area contributed by atoms with Crippen LogP contribution in [0.4, 0.5) is 5.69 Å². The number of hydrogen-bond acceptors (Lipinski definition) is 3. The first-order valence-electron chi connectivity index (χ1n) is 7.24. The Bertz CT molecular complexity index is 487. The smallest absolute Gasteiger partial charge is 0.259 e. The quantitative estimate of drug-likeness (QED) is 0.864. The van der Waals surface area contributed by atoms with Crippen molar-refractivity contribution in [3.63, 3.8) is 0 Å². The first-order chi connectivity index (χ1) is 9.54. The highest BCUT2D eigenvalue weighted by Gasteiger charge is 2.28. The van der Waals surface area contributed by atoms with Gasteiger partial charge in [-0.3, -0.25) is 4.79 Å². The molecule has 2 rings (SSSR count). The van der Waals surface area contributed by atoms with E-state index in [0.717, 1.165) is 12.8 Å². The second-order valence-corrected chi connectivity index (χ2v) is 5.77. The van der Waals surface area contributed by atoms with Crippen molar-refractivity contribution in [1.29, 1.82) is 0 Å². The van der Waals surface area contributed by atoms with Gasteiger partial charge in [-0.15, -0.1) is 0 Å². The van der Waals surface area contributed by atoms with Gasteiger partial charge in [-0.2, -0.15) is 0 Å². The Morgan fingerprint density at radius 2 is 2.15 bits per heavy atom. The molecule has 0 bridgehead atoms. The fraction of sp³-hybridized carbons (Fsp3) is 0.562. The van der Waals surface area contributed by atoms with Crippen molar-refractivity contribution in [3.05, 3.63) is 23.8 Å².